The fourth-order valence-corrected chi connectivity index (χ4v) is 2.84. The van der Waals surface area contributed by atoms with Crippen LogP contribution < -0.4 is 4.90 Å². The first-order valence-electron chi connectivity index (χ1n) is 7.90. The Bertz CT molecular complexity index is 678. The minimum Gasteiger partial charge on any atom is -0.366 e. The number of halogens is 1. The van der Waals surface area contributed by atoms with E-state index in [0.29, 0.717) is 24.0 Å². The second kappa shape index (κ2) is 7.75. The molecule has 0 bridgehead atoms. The first-order valence-corrected chi connectivity index (χ1v) is 8.28. The van der Waals surface area contributed by atoms with E-state index < -0.39 is 6.10 Å². The maximum atomic E-state index is 12.7. The number of ether oxygens (including phenoxy) is 1. The predicted octanol–water partition coefficient (Wildman–Crippen LogP) is 2.60. The Morgan fingerprint density at radius 3 is 2.83 bits per heavy atom. The summed E-state index contributed by atoms with van der Waals surface area (Å²) in [6, 6.07) is 13.7. The summed E-state index contributed by atoms with van der Waals surface area (Å²) in [4.78, 5) is 20.6. The zero-order valence-electron chi connectivity index (χ0n) is 13.6. The Labute approximate surface area is 146 Å². The van der Waals surface area contributed by atoms with Crippen molar-refractivity contribution in [2.24, 2.45) is 0 Å². The molecule has 2 aromatic rings. The zero-order valence-corrected chi connectivity index (χ0v) is 14.3. The zero-order chi connectivity index (χ0) is 16.9. The lowest BCUT2D eigenvalue weighted by Crippen LogP contribution is -2.50. The molecule has 1 atom stereocenters. The summed E-state index contributed by atoms with van der Waals surface area (Å²) in [6.45, 7) is 2.76. The second-order valence-electron chi connectivity index (χ2n) is 5.81. The van der Waals surface area contributed by atoms with Gasteiger partial charge in [0.25, 0.3) is 5.91 Å². The quantitative estimate of drug-likeness (QED) is 0.854. The molecule has 6 heteroatoms. The SMILES string of the molecule is CN(C(=O)[C@@H]1CN(Cc2ccccc2)CCO1)c1ccc(Cl)cn1. The number of rotatable bonds is 4. The molecule has 1 aromatic carbocycles. The fraction of sp³-hybridized carbons (Fsp3) is 0.333. The molecule has 0 radical (unpaired) electrons. The van der Waals surface area contributed by atoms with Crippen LogP contribution in [0.5, 0.6) is 0 Å². The number of benzene rings is 1. The molecule has 0 unspecified atom stereocenters. The van der Waals surface area contributed by atoms with E-state index in [1.807, 2.05) is 18.2 Å². The number of nitrogens with zero attached hydrogens (tertiary/aromatic N) is 3. The van der Waals surface area contributed by atoms with Crippen LogP contribution in [-0.2, 0) is 16.1 Å². The highest BCUT2D eigenvalue weighted by molar-refractivity contribution is 6.30. The van der Waals surface area contributed by atoms with Crippen LogP contribution in [-0.4, -0.2) is 48.6 Å². The minimum atomic E-state index is -0.482. The van der Waals surface area contributed by atoms with Gasteiger partial charge in [-0.3, -0.25) is 14.6 Å². The summed E-state index contributed by atoms with van der Waals surface area (Å²) in [6.07, 6.45) is 1.05. The van der Waals surface area contributed by atoms with Gasteiger partial charge in [0, 0.05) is 32.9 Å². The third kappa shape index (κ3) is 4.12. The van der Waals surface area contributed by atoms with E-state index in [2.05, 4.69) is 22.0 Å². The van der Waals surface area contributed by atoms with Crippen LogP contribution in [0.1, 0.15) is 5.56 Å². The molecule has 1 saturated heterocycles. The third-order valence-electron chi connectivity index (χ3n) is 4.06. The van der Waals surface area contributed by atoms with Gasteiger partial charge < -0.3 is 4.74 Å². The number of hydrogen-bond donors (Lipinski definition) is 0. The normalized spacial score (nSPS) is 18.3. The monoisotopic (exact) mass is 345 g/mol. The van der Waals surface area contributed by atoms with E-state index in [-0.39, 0.29) is 5.91 Å². The minimum absolute atomic E-state index is 0.0948. The van der Waals surface area contributed by atoms with Crippen LogP contribution in [0.4, 0.5) is 5.82 Å². The van der Waals surface area contributed by atoms with Gasteiger partial charge in [-0.2, -0.15) is 0 Å². The number of aromatic nitrogens is 1. The molecule has 1 aliphatic heterocycles. The van der Waals surface area contributed by atoms with Gasteiger partial charge in [0.15, 0.2) is 0 Å². The average molecular weight is 346 g/mol. The van der Waals surface area contributed by atoms with E-state index in [1.165, 1.54) is 16.7 Å². The van der Waals surface area contributed by atoms with Gasteiger partial charge in [0.05, 0.1) is 11.6 Å². The molecule has 1 amide bonds. The maximum Gasteiger partial charge on any atom is 0.258 e. The van der Waals surface area contributed by atoms with Crippen LogP contribution in [0.2, 0.25) is 5.02 Å². The van der Waals surface area contributed by atoms with Gasteiger partial charge in [0.1, 0.15) is 11.9 Å². The summed E-state index contributed by atoms with van der Waals surface area (Å²) in [7, 11) is 1.71. The number of carbonyl (C=O) groups is 1. The Morgan fingerprint density at radius 2 is 2.12 bits per heavy atom. The average Bonchev–Trinajstić information content (AvgIpc) is 2.62. The molecule has 5 nitrogen and oxygen atoms in total. The Morgan fingerprint density at radius 1 is 1.33 bits per heavy atom. The first-order chi connectivity index (χ1) is 11.6. The topological polar surface area (TPSA) is 45.7 Å². The number of carbonyl (C=O) groups excluding carboxylic acids is 1. The molecule has 1 fully saturated rings. The largest absolute Gasteiger partial charge is 0.366 e. The molecular weight excluding hydrogens is 326 g/mol. The van der Waals surface area contributed by atoms with Gasteiger partial charge in [-0.25, -0.2) is 4.98 Å². The smallest absolute Gasteiger partial charge is 0.258 e. The lowest BCUT2D eigenvalue weighted by Gasteiger charge is -2.33. The predicted molar refractivity (Wildman–Crippen MR) is 94.1 cm³/mol. The van der Waals surface area contributed by atoms with Crippen molar-refractivity contribution in [3.63, 3.8) is 0 Å². The van der Waals surface area contributed by atoms with E-state index in [0.717, 1.165) is 13.1 Å². The van der Waals surface area contributed by atoms with Gasteiger partial charge >= 0.3 is 0 Å². The number of anilines is 1. The first kappa shape index (κ1) is 16.9. The van der Waals surface area contributed by atoms with Crippen LogP contribution in [0, 0.1) is 0 Å². The molecule has 0 spiro atoms. The molecule has 0 N–H and O–H groups in total. The van der Waals surface area contributed by atoms with E-state index in [9.17, 15) is 4.79 Å². The van der Waals surface area contributed by atoms with E-state index in [4.69, 9.17) is 16.3 Å². The Hall–Kier alpha value is -1.95. The van der Waals surface area contributed by atoms with Crippen molar-refractivity contribution in [3.8, 4) is 0 Å². The molecule has 1 aliphatic rings. The van der Waals surface area contributed by atoms with Crippen molar-refractivity contribution >= 4 is 23.3 Å². The van der Waals surface area contributed by atoms with Crippen LogP contribution in [0.15, 0.2) is 48.7 Å². The Kier molecular flexibility index (Phi) is 5.45. The van der Waals surface area contributed by atoms with Crippen LogP contribution in [0.3, 0.4) is 0 Å². The molecule has 2 heterocycles. The number of amides is 1. The molecule has 1 aromatic heterocycles. The molecule has 3 rings (SSSR count). The van der Waals surface area contributed by atoms with Crippen LogP contribution >= 0.6 is 11.6 Å². The third-order valence-corrected chi connectivity index (χ3v) is 4.28. The highest BCUT2D eigenvalue weighted by Crippen LogP contribution is 2.17. The summed E-state index contributed by atoms with van der Waals surface area (Å²) < 4.78 is 5.69. The summed E-state index contributed by atoms with van der Waals surface area (Å²) in [5, 5.41) is 0.544. The Balaban J connectivity index is 1.63. The van der Waals surface area contributed by atoms with Gasteiger partial charge in [0.2, 0.25) is 0 Å². The number of morpholine rings is 1. The molecule has 0 aliphatic carbocycles. The maximum absolute atomic E-state index is 12.7. The highest BCUT2D eigenvalue weighted by atomic mass is 35.5. The van der Waals surface area contributed by atoms with Gasteiger partial charge in [-0.1, -0.05) is 41.9 Å². The molecular formula is C18H20ClN3O2. The van der Waals surface area contributed by atoms with Gasteiger partial charge in [-0.05, 0) is 17.7 Å². The van der Waals surface area contributed by atoms with Crippen molar-refractivity contribution in [1.82, 2.24) is 9.88 Å². The number of likely N-dealkylation sites (N-methyl/N-ethyl adjacent to an activating group) is 1. The molecule has 126 valence electrons. The number of hydrogen-bond acceptors (Lipinski definition) is 4. The lowest BCUT2D eigenvalue weighted by molar-refractivity contribution is -0.135. The summed E-state index contributed by atoms with van der Waals surface area (Å²) in [5.41, 5.74) is 1.23. The molecule has 0 saturated carbocycles. The van der Waals surface area contributed by atoms with Crippen molar-refractivity contribution in [1.29, 1.82) is 0 Å². The van der Waals surface area contributed by atoms with Crippen LogP contribution in [0.25, 0.3) is 0 Å². The second-order valence-corrected chi connectivity index (χ2v) is 6.25. The van der Waals surface area contributed by atoms with Crippen molar-refractivity contribution in [2.75, 3.05) is 31.6 Å². The van der Waals surface area contributed by atoms with Crippen molar-refractivity contribution < 1.29 is 9.53 Å². The van der Waals surface area contributed by atoms with E-state index in [1.54, 1.807) is 19.2 Å². The highest BCUT2D eigenvalue weighted by Gasteiger charge is 2.29. The van der Waals surface area contributed by atoms with Crippen molar-refractivity contribution in [2.45, 2.75) is 12.6 Å². The van der Waals surface area contributed by atoms with Gasteiger partial charge in [-0.15, -0.1) is 0 Å². The lowest BCUT2D eigenvalue weighted by atomic mass is 10.2. The standard InChI is InChI=1S/C18H20ClN3O2/c1-21(17-8-7-15(19)11-20-17)18(23)16-13-22(9-10-24-16)12-14-5-3-2-4-6-14/h2-8,11,16H,9-10,12-13H2,1H3/t16-/m0/s1. The van der Waals surface area contributed by atoms with E-state index >= 15 is 0 Å². The number of pyridine rings is 1. The summed E-state index contributed by atoms with van der Waals surface area (Å²) >= 11 is 5.84. The molecule has 24 heavy (non-hydrogen) atoms. The van der Waals surface area contributed by atoms with Crippen molar-refractivity contribution in [3.05, 3.63) is 59.2 Å². The fourth-order valence-electron chi connectivity index (χ4n) is 2.73. The summed E-state index contributed by atoms with van der Waals surface area (Å²) in [5.74, 6) is 0.468.